The van der Waals surface area contributed by atoms with Crippen LogP contribution in [0.2, 0.25) is 0 Å². The first-order valence-electron chi connectivity index (χ1n) is 9.54. The molecule has 0 aliphatic rings. The Balaban J connectivity index is 5.25. The maximum atomic E-state index is 12.7. The molecule has 0 saturated carbocycles. The number of carboxylic acids is 2. The summed E-state index contributed by atoms with van der Waals surface area (Å²) in [5.41, 5.74) is 5.80. The summed E-state index contributed by atoms with van der Waals surface area (Å²) in [6.07, 6.45) is 1.90. The van der Waals surface area contributed by atoms with Crippen molar-refractivity contribution in [1.82, 2.24) is 16.0 Å². The van der Waals surface area contributed by atoms with E-state index in [1.54, 1.807) is 0 Å². The molecule has 0 aromatic carbocycles. The van der Waals surface area contributed by atoms with Gasteiger partial charge in [0, 0.05) is 6.42 Å². The molecule has 0 bridgehead atoms. The molecule has 30 heavy (non-hydrogen) atoms. The number of carbonyl (C=O) groups is 5. The number of aliphatic carboxylic acids is 2. The standard InChI is InChI=1S/C18H32N4O7S/c1-10(2)8-13(17(28)20-9-15(25)26)22-18(29)12(4-5-14(23)24)21-16(27)11(19)6-7-30-3/h10-13H,4-9,19H2,1-3H3,(H,20,28)(H,21,27)(H,22,29)(H,23,24)(H,25,26). The molecule has 11 nitrogen and oxygen atoms in total. The Kier molecular flexibility index (Phi) is 13.5. The van der Waals surface area contributed by atoms with E-state index in [1.165, 1.54) is 11.8 Å². The van der Waals surface area contributed by atoms with E-state index >= 15 is 0 Å². The summed E-state index contributed by atoms with van der Waals surface area (Å²) >= 11 is 1.51. The van der Waals surface area contributed by atoms with E-state index < -0.39 is 54.3 Å². The fourth-order valence-electron chi connectivity index (χ4n) is 2.45. The lowest BCUT2D eigenvalue weighted by atomic mass is 10.0. The second kappa shape index (κ2) is 14.6. The van der Waals surface area contributed by atoms with E-state index in [4.69, 9.17) is 15.9 Å². The van der Waals surface area contributed by atoms with Crippen molar-refractivity contribution in [3.8, 4) is 0 Å². The zero-order chi connectivity index (χ0) is 23.3. The first-order valence-corrected chi connectivity index (χ1v) is 10.9. The molecule has 0 saturated heterocycles. The van der Waals surface area contributed by atoms with Crippen molar-refractivity contribution in [3.05, 3.63) is 0 Å². The maximum absolute atomic E-state index is 12.7. The molecule has 0 radical (unpaired) electrons. The molecular formula is C18H32N4O7S. The van der Waals surface area contributed by atoms with Gasteiger partial charge in [0.25, 0.3) is 0 Å². The van der Waals surface area contributed by atoms with Crippen molar-refractivity contribution < 1.29 is 34.2 Å². The van der Waals surface area contributed by atoms with Gasteiger partial charge in [-0.1, -0.05) is 13.8 Å². The van der Waals surface area contributed by atoms with Crippen LogP contribution < -0.4 is 21.7 Å². The van der Waals surface area contributed by atoms with Crippen LogP contribution >= 0.6 is 11.8 Å². The second-order valence-corrected chi connectivity index (χ2v) is 8.17. The van der Waals surface area contributed by atoms with Gasteiger partial charge in [-0.05, 0) is 37.2 Å². The van der Waals surface area contributed by atoms with Crippen LogP contribution in [0.3, 0.4) is 0 Å². The second-order valence-electron chi connectivity index (χ2n) is 7.18. The van der Waals surface area contributed by atoms with Crippen molar-refractivity contribution in [2.45, 2.75) is 57.7 Å². The minimum absolute atomic E-state index is 0.00194. The van der Waals surface area contributed by atoms with Crippen LogP contribution in [0.1, 0.15) is 39.5 Å². The van der Waals surface area contributed by atoms with E-state index in [2.05, 4.69) is 16.0 Å². The number of nitrogens with one attached hydrogen (secondary N) is 3. The van der Waals surface area contributed by atoms with E-state index in [9.17, 15) is 24.0 Å². The maximum Gasteiger partial charge on any atom is 0.322 e. The van der Waals surface area contributed by atoms with Gasteiger partial charge < -0.3 is 31.9 Å². The Hall–Kier alpha value is -2.34. The molecule has 0 rings (SSSR count). The average molecular weight is 449 g/mol. The Morgan fingerprint density at radius 3 is 2.00 bits per heavy atom. The molecule has 0 heterocycles. The van der Waals surface area contributed by atoms with Crippen LogP contribution in [0.5, 0.6) is 0 Å². The molecule has 0 fully saturated rings. The molecule has 7 N–H and O–H groups in total. The predicted molar refractivity (Wildman–Crippen MR) is 112 cm³/mol. The highest BCUT2D eigenvalue weighted by Crippen LogP contribution is 2.07. The Bertz CT molecular complexity index is 615. The minimum atomic E-state index is -1.23. The third-order valence-corrected chi connectivity index (χ3v) is 4.65. The number of rotatable bonds is 15. The summed E-state index contributed by atoms with van der Waals surface area (Å²) in [7, 11) is 0. The van der Waals surface area contributed by atoms with Crippen molar-refractivity contribution in [1.29, 1.82) is 0 Å². The number of carbonyl (C=O) groups excluding carboxylic acids is 3. The average Bonchev–Trinajstić information content (AvgIpc) is 2.65. The van der Waals surface area contributed by atoms with Crippen LogP contribution in [0.25, 0.3) is 0 Å². The van der Waals surface area contributed by atoms with Gasteiger partial charge in [0.1, 0.15) is 18.6 Å². The van der Waals surface area contributed by atoms with Crippen molar-refractivity contribution >= 4 is 41.4 Å². The summed E-state index contributed by atoms with van der Waals surface area (Å²) in [6.45, 7) is 3.03. The fourth-order valence-corrected chi connectivity index (χ4v) is 2.94. The normalized spacial score (nSPS) is 13.8. The molecule has 3 unspecified atom stereocenters. The predicted octanol–water partition coefficient (Wildman–Crippen LogP) is -0.852. The number of carboxylic acid groups (broad SMARTS) is 2. The molecular weight excluding hydrogens is 416 g/mol. The number of amides is 3. The molecule has 0 aromatic heterocycles. The number of nitrogens with two attached hydrogens (primary N) is 1. The SMILES string of the molecule is CSCCC(N)C(=O)NC(CCC(=O)O)C(=O)NC(CC(C)C)C(=O)NCC(=O)O. The van der Waals surface area contributed by atoms with Crippen LogP contribution in [-0.2, 0) is 24.0 Å². The lowest BCUT2D eigenvalue weighted by Crippen LogP contribution is -2.56. The lowest BCUT2D eigenvalue weighted by molar-refractivity contribution is -0.138. The summed E-state index contributed by atoms with van der Waals surface area (Å²) in [6, 6.07) is -3.09. The van der Waals surface area contributed by atoms with E-state index in [-0.39, 0.29) is 25.2 Å². The highest BCUT2D eigenvalue weighted by molar-refractivity contribution is 7.98. The lowest BCUT2D eigenvalue weighted by Gasteiger charge is -2.24. The molecule has 172 valence electrons. The van der Waals surface area contributed by atoms with Crippen molar-refractivity contribution in [3.63, 3.8) is 0 Å². The zero-order valence-corrected chi connectivity index (χ0v) is 18.3. The van der Waals surface area contributed by atoms with Crippen LogP contribution in [0, 0.1) is 5.92 Å². The van der Waals surface area contributed by atoms with Gasteiger partial charge in [0.15, 0.2) is 0 Å². The van der Waals surface area contributed by atoms with Crippen LogP contribution in [0.15, 0.2) is 0 Å². The summed E-state index contributed by atoms with van der Waals surface area (Å²) in [5, 5.41) is 24.8. The van der Waals surface area contributed by atoms with Crippen molar-refractivity contribution in [2.75, 3.05) is 18.6 Å². The molecule has 12 heteroatoms. The summed E-state index contributed by atoms with van der Waals surface area (Å²) in [5.74, 6) is -3.75. The molecule has 0 spiro atoms. The Morgan fingerprint density at radius 2 is 1.50 bits per heavy atom. The molecule has 0 aliphatic carbocycles. The quantitative estimate of drug-likeness (QED) is 0.185. The first kappa shape index (κ1) is 27.7. The third-order valence-electron chi connectivity index (χ3n) is 4.00. The van der Waals surface area contributed by atoms with Crippen LogP contribution in [0.4, 0.5) is 0 Å². The number of hydrogen-bond acceptors (Lipinski definition) is 7. The molecule has 3 atom stereocenters. The van der Waals surface area contributed by atoms with Gasteiger partial charge >= 0.3 is 11.9 Å². The largest absolute Gasteiger partial charge is 0.481 e. The minimum Gasteiger partial charge on any atom is -0.481 e. The van der Waals surface area contributed by atoms with Gasteiger partial charge in [0.2, 0.25) is 17.7 Å². The third kappa shape index (κ3) is 12.3. The van der Waals surface area contributed by atoms with Gasteiger partial charge in [-0.3, -0.25) is 24.0 Å². The Morgan fingerprint density at radius 1 is 0.900 bits per heavy atom. The highest BCUT2D eigenvalue weighted by Gasteiger charge is 2.29. The topological polar surface area (TPSA) is 188 Å². The Labute approximate surface area is 179 Å². The number of hydrogen-bond donors (Lipinski definition) is 6. The number of thioether (sulfide) groups is 1. The smallest absolute Gasteiger partial charge is 0.322 e. The van der Waals surface area contributed by atoms with Crippen LogP contribution in [-0.4, -0.2) is 76.6 Å². The molecule has 0 aromatic rings. The van der Waals surface area contributed by atoms with Crippen molar-refractivity contribution in [2.24, 2.45) is 11.7 Å². The fraction of sp³-hybridized carbons (Fsp3) is 0.722. The van der Waals surface area contributed by atoms with E-state index in [1.807, 2.05) is 20.1 Å². The molecule has 3 amide bonds. The highest BCUT2D eigenvalue weighted by atomic mass is 32.2. The zero-order valence-electron chi connectivity index (χ0n) is 17.5. The molecule has 0 aliphatic heterocycles. The van der Waals surface area contributed by atoms with Gasteiger partial charge in [-0.2, -0.15) is 11.8 Å². The summed E-state index contributed by atoms with van der Waals surface area (Å²) < 4.78 is 0. The van der Waals surface area contributed by atoms with E-state index in [0.717, 1.165) is 0 Å². The van der Waals surface area contributed by atoms with E-state index in [0.29, 0.717) is 12.2 Å². The van der Waals surface area contributed by atoms with Gasteiger partial charge in [0.05, 0.1) is 6.04 Å². The monoisotopic (exact) mass is 448 g/mol. The summed E-state index contributed by atoms with van der Waals surface area (Å²) in [4.78, 5) is 58.8. The first-order chi connectivity index (χ1) is 14.0. The van der Waals surface area contributed by atoms with Gasteiger partial charge in [-0.15, -0.1) is 0 Å². The van der Waals surface area contributed by atoms with Gasteiger partial charge in [-0.25, -0.2) is 0 Å².